The second-order valence-corrected chi connectivity index (χ2v) is 6.04. The van der Waals surface area contributed by atoms with E-state index in [2.05, 4.69) is 5.32 Å². The molecule has 3 rings (SSSR count). The van der Waals surface area contributed by atoms with E-state index < -0.39 is 28.6 Å². The van der Waals surface area contributed by atoms with E-state index in [1.807, 2.05) is 0 Å². The number of esters is 1. The zero-order valence-corrected chi connectivity index (χ0v) is 15.7. The van der Waals surface area contributed by atoms with Gasteiger partial charge >= 0.3 is 5.97 Å². The van der Waals surface area contributed by atoms with E-state index in [-0.39, 0.29) is 30.3 Å². The van der Waals surface area contributed by atoms with Crippen molar-refractivity contribution < 1.29 is 33.5 Å². The molecule has 152 valence electrons. The van der Waals surface area contributed by atoms with Crippen LogP contribution < -0.4 is 19.5 Å². The summed E-state index contributed by atoms with van der Waals surface area (Å²) in [5.41, 5.74) is -0.352. The number of rotatable bonds is 6. The second kappa shape index (κ2) is 8.46. The van der Waals surface area contributed by atoms with E-state index >= 15 is 0 Å². The largest absolute Gasteiger partial charge is 0.497 e. The normalized spacial score (nSPS) is 13.2. The number of methoxy groups -OCH3 is 1. The van der Waals surface area contributed by atoms with Crippen LogP contribution in [0.2, 0.25) is 0 Å². The van der Waals surface area contributed by atoms with Gasteiger partial charge in [-0.05, 0) is 31.2 Å². The van der Waals surface area contributed by atoms with Crippen LogP contribution in [0.15, 0.2) is 36.4 Å². The summed E-state index contributed by atoms with van der Waals surface area (Å²) in [6.45, 7) is 1.86. The van der Waals surface area contributed by atoms with Crippen LogP contribution in [0.5, 0.6) is 17.2 Å². The predicted octanol–water partition coefficient (Wildman–Crippen LogP) is 2.56. The molecule has 2 aromatic carbocycles. The quantitative estimate of drug-likeness (QED) is 0.444. The number of fused-ring (bicyclic) bond motifs is 1. The molecule has 29 heavy (non-hydrogen) atoms. The Labute approximate surface area is 165 Å². The zero-order chi connectivity index (χ0) is 21.0. The Hall–Kier alpha value is -3.82. The minimum Gasteiger partial charge on any atom is -0.497 e. The van der Waals surface area contributed by atoms with Crippen LogP contribution >= 0.6 is 0 Å². The first-order valence-electron chi connectivity index (χ1n) is 8.63. The predicted molar refractivity (Wildman–Crippen MR) is 101 cm³/mol. The molecule has 1 aliphatic rings. The fourth-order valence-corrected chi connectivity index (χ4v) is 2.59. The maximum Gasteiger partial charge on any atom is 0.346 e. The molecule has 0 radical (unpaired) electrons. The smallest absolute Gasteiger partial charge is 0.346 e. The Morgan fingerprint density at radius 3 is 2.34 bits per heavy atom. The Bertz CT molecular complexity index is 942. The van der Waals surface area contributed by atoms with Gasteiger partial charge < -0.3 is 24.3 Å². The van der Waals surface area contributed by atoms with Crippen molar-refractivity contribution in [3.8, 4) is 17.2 Å². The number of nitro groups is 1. The molecule has 0 fully saturated rings. The van der Waals surface area contributed by atoms with E-state index in [0.717, 1.165) is 6.07 Å². The molecule has 0 spiro atoms. The fourth-order valence-electron chi connectivity index (χ4n) is 2.59. The van der Waals surface area contributed by atoms with Crippen molar-refractivity contribution in [1.82, 2.24) is 0 Å². The maximum absolute atomic E-state index is 12.5. The van der Waals surface area contributed by atoms with Gasteiger partial charge in [-0.2, -0.15) is 0 Å². The Morgan fingerprint density at radius 2 is 1.76 bits per heavy atom. The van der Waals surface area contributed by atoms with E-state index in [1.54, 1.807) is 24.3 Å². The monoisotopic (exact) mass is 402 g/mol. The van der Waals surface area contributed by atoms with Gasteiger partial charge in [0.1, 0.15) is 24.5 Å². The molecular weight excluding hydrogens is 384 g/mol. The lowest BCUT2D eigenvalue weighted by Gasteiger charge is -2.19. The summed E-state index contributed by atoms with van der Waals surface area (Å²) >= 11 is 0. The van der Waals surface area contributed by atoms with Gasteiger partial charge in [-0.25, -0.2) is 4.79 Å². The lowest BCUT2D eigenvalue weighted by atomic mass is 10.1. The van der Waals surface area contributed by atoms with Gasteiger partial charge in [0.05, 0.1) is 18.1 Å². The molecule has 1 heterocycles. The molecule has 10 nitrogen and oxygen atoms in total. The zero-order valence-electron chi connectivity index (χ0n) is 15.7. The van der Waals surface area contributed by atoms with Crippen molar-refractivity contribution in [2.45, 2.75) is 13.0 Å². The van der Waals surface area contributed by atoms with Crippen LogP contribution in [-0.2, 0) is 9.53 Å². The standard InChI is InChI=1S/C19H18N2O8/c1-11(18(22)20-12-3-5-13(26-2)6-4-12)29-19(23)14-9-16-17(28-8-7-27-16)10-15(14)21(24)25/h3-6,9-11H,7-8H2,1-2H3,(H,20,22)/t11-/m0/s1. The van der Waals surface area contributed by atoms with E-state index in [0.29, 0.717) is 11.4 Å². The van der Waals surface area contributed by atoms with Crippen molar-refractivity contribution >= 4 is 23.3 Å². The summed E-state index contributed by atoms with van der Waals surface area (Å²) in [5.74, 6) is -0.628. The van der Waals surface area contributed by atoms with Crippen molar-refractivity contribution in [1.29, 1.82) is 0 Å². The van der Waals surface area contributed by atoms with Gasteiger partial charge in [0, 0.05) is 11.8 Å². The van der Waals surface area contributed by atoms with Crippen LogP contribution in [0.3, 0.4) is 0 Å². The summed E-state index contributed by atoms with van der Waals surface area (Å²) in [7, 11) is 1.52. The highest BCUT2D eigenvalue weighted by molar-refractivity contribution is 5.99. The number of anilines is 1. The fraction of sp³-hybridized carbons (Fsp3) is 0.263. The summed E-state index contributed by atoms with van der Waals surface area (Å²) < 4.78 is 20.8. The van der Waals surface area contributed by atoms with Gasteiger partial charge in [-0.15, -0.1) is 0 Å². The SMILES string of the molecule is COc1ccc(NC(=O)[C@H](C)OC(=O)c2cc3c(cc2[N+](=O)[O-])OCCO3)cc1. The average Bonchev–Trinajstić information content (AvgIpc) is 2.73. The summed E-state index contributed by atoms with van der Waals surface area (Å²) in [6, 6.07) is 8.85. The number of hydrogen-bond acceptors (Lipinski definition) is 8. The molecule has 0 saturated carbocycles. The van der Waals surface area contributed by atoms with Crippen molar-refractivity contribution in [3.05, 3.63) is 52.1 Å². The molecule has 1 atom stereocenters. The number of nitrogens with one attached hydrogen (secondary N) is 1. The molecule has 2 aromatic rings. The van der Waals surface area contributed by atoms with Gasteiger partial charge in [-0.1, -0.05) is 0 Å². The van der Waals surface area contributed by atoms with Gasteiger partial charge in [0.15, 0.2) is 17.6 Å². The molecule has 0 aliphatic carbocycles. The van der Waals surface area contributed by atoms with Crippen molar-refractivity contribution in [2.24, 2.45) is 0 Å². The number of nitrogens with zero attached hydrogens (tertiary/aromatic N) is 1. The Balaban J connectivity index is 1.73. The van der Waals surface area contributed by atoms with Crippen LogP contribution in [0.25, 0.3) is 0 Å². The summed E-state index contributed by atoms with van der Waals surface area (Å²) in [4.78, 5) is 35.4. The number of amides is 1. The number of benzene rings is 2. The molecule has 1 N–H and O–H groups in total. The highest BCUT2D eigenvalue weighted by Gasteiger charge is 2.29. The minimum absolute atomic E-state index is 0.171. The topological polar surface area (TPSA) is 126 Å². The van der Waals surface area contributed by atoms with E-state index in [4.69, 9.17) is 18.9 Å². The molecule has 0 bridgehead atoms. The molecule has 1 amide bonds. The van der Waals surface area contributed by atoms with Crippen LogP contribution in [0.1, 0.15) is 17.3 Å². The lowest BCUT2D eigenvalue weighted by Crippen LogP contribution is -2.30. The number of carbonyl (C=O) groups is 2. The molecule has 1 aliphatic heterocycles. The second-order valence-electron chi connectivity index (χ2n) is 6.04. The van der Waals surface area contributed by atoms with Crippen molar-refractivity contribution in [3.63, 3.8) is 0 Å². The average molecular weight is 402 g/mol. The van der Waals surface area contributed by atoms with Crippen LogP contribution in [-0.4, -0.2) is 43.2 Å². The highest BCUT2D eigenvalue weighted by Crippen LogP contribution is 2.37. The van der Waals surface area contributed by atoms with Crippen molar-refractivity contribution in [2.75, 3.05) is 25.6 Å². The third kappa shape index (κ3) is 4.54. The summed E-state index contributed by atoms with van der Waals surface area (Å²) in [5, 5.41) is 13.9. The van der Waals surface area contributed by atoms with Gasteiger partial charge in [0.2, 0.25) is 0 Å². The molecule has 0 unspecified atom stereocenters. The van der Waals surface area contributed by atoms with Crippen LogP contribution in [0.4, 0.5) is 11.4 Å². The van der Waals surface area contributed by atoms with Gasteiger partial charge in [-0.3, -0.25) is 14.9 Å². The molecule has 10 heteroatoms. The van der Waals surface area contributed by atoms with E-state index in [1.165, 1.54) is 20.1 Å². The van der Waals surface area contributed by atoms with Gasteiger partial charge in [0.25, 0.3) is 11.6 Å². The maximum atomic E-state index is 12.5. The lowest BCUT2D eigenvalue weighted by molar-refractivity contribution is -0.385. The van der Waals surface area contributed by atoms with Crippen LogP contribution in [0, 0.1) is 10.1 Å². The number of nitro benzene ring substituents is 1. The first-order chi connectivity index (χ1) is 13.9. The number of hydrogen-bond donors (Lipinski definition) is 1. The highest BCUT2D eigenvalue weighted by atomic mass is 16.6. The Kier molecular flexibility index (Phi) is 5.82. The Morgan fingerprint density at radius 1 is 1.14 bits per heavy atom. The molecule has 0 saturated heterocycles. The first-order valence-corrected chi connectivity index (χ1v) is 8.63. The summed E-state index contributed by atoms with van der Waals surface area (Å²) in [6.07, 6.45) is -1.20. The number of carbonyl (C=O) groups excluding carboxylic acids is 2. The van der Waals surface area contributed by atoms with E-state index in [9.17, 15) is 19.7 Å². The first kappa shape index (κ1) is 19.9. The third-order valence-electron chi connectivity index (χ3n) is 4.09. The minimum atomic E-state index is -1.20. The molecular formula is C19H18N2O8. The third-order valence-corrected chi connectivity index (χ3v) is 4.09. The molecule has 0 aromatic heterocycles. The number of ether oxygens (including phenoxy) is 4.